The third-order valence-electron chi connectivity index (χ3n) is 3.12. The molecule has 1 aromatic heterocycles. The Morgan fingerprint density at radius 1 is 1.05 bits per heavy atom. The third kappa shape index (κ3) is 2.22. The Kier molecular flexibility index (Phi) is 2.80. The molecule has 0 radical (unpaired) electrons. The normalized spacial score (nSPS) is 10.7. The van der Waals surface area contributed by atoms with Crippen molar-refractivity contribution in [1.82, 2.24) is 0 Å². The SMILES string of the molecule is O=C(O)c1coc2ccc(Cc3ccccc3)cc12. The van der Waals surface area contributed by atoms with Crippen LogP contribution in [0.3, 0.4) is 0 Å². The number of benzene rings is 2. The minimum absolute atomic E-state index is 0.213. The number of rotatable bonds is 3. The minimum atomic E-state index is -0.962. The Balaban J connectivity index is 2.01. The first kappa shape index (κ1) is 11.5. The lowest BCUT2D eigenvalue weighted by Gasteiger charge is -2.02. The van der Waals surface area contributed by atoms with Crippen LogP contribution >= 0.6 is 0 Å². The van der Waals surface area contributed by atoms with Crippen LogP contribution in [0.5, 0.6) is 0 Å². The molecule has 1 N–H and O–H groups in total. The van der Waals surface area contributed by atoms with E-state index in [0.29, 0.717) is 11.0 Å². The summed E-state index contributed by atoms with van der Waals surface area (Å²) in [4.78, 5) is 11.1. The van der Waals surface area contributed by atoms with Crippen molar-refractivity contribution < 1.29 is 14.3 Å². The number of carboxylic acid groups (broad SMARTS) is 1. The lowest BCUT2D eigenvalue weighted by Crippen LogP contribution is -1.94. The lowest BCUT2D eigenvalue weighted by molar-refractivity contribution is 0.0698. The van der Waals surface area contributed by atoms with E-state index in [0.717, 1.165) is 12.0 Å². The molecule has 3 aromatic rings. The lowest BCUT2D eigenvalue weighted by atomic mass is 10.0. The molecule has 1 heterocycles. The predicted octanol–water partition coefficient (Wildman–Crippen LogP) is 3.72. The second kappa shape index (κ2) is 4.61. The first-order valence-electron chi connectivity index (χ1n) is 6.01. The number of furan rings is 1. The fourth-order valence-electron chi connectivity index (χ4n) is 2.18. The summed E-state index contributed by atoms with van der Waals surface area (Å²) in [5.41, 5.74) is 3.09. The number of hydrogen-bond acceptors (Lipinski definition) is 2. The summed E-state index contributed by atoms with van der Waals surface area (Å²) in [6.45, 7) is 0. The second-order valence-electron chi connectivity index (χ2n) is 4.45. The predicted molar refractivity (Wildman–Crippen MR) is 72.4 cm³/mol. The third-order valence-corrected chi connectivity index (χ3v) is 3.12. The summed E-state index contributed by atoms with van der Waals surface area (Å²) in [7, 11) is 0. The molecule has 0 atom stereocenters. The van der Waals surface area contributed by atoms with E-state index < -0.39 is 5.97 Å². The molecule has 3 heteroatoms. The summed E-state index contributed by atoms with van der Waals surface area (Å²) in [5.74, 6) is -0.962. The van der Waals surface area contributed by atoms with Gasteiger partial charge in [-0.1, -0.05) is 36.4 Å². The number of hydrogen-bond donors (Lipinski definition) is 1. The fourth-order valence-corrected chi connectivity index (χ4v) is 2.18. The molecule has 0 saturated heterocycles. The highest BCUT2D eigenvalue weighted by Crippen LogP contribution is 2.23. The summed E-state index contributed by atoms with van der Waals surface area (Å²) >= 11 is 0. The molecule has 3 rings (SSSR count). The van der Waals surface area contributed by atoms with Crippen molar-refractivity contribution in [3.63, 3.8) is 0 Å². The van der Waals surface area contributed by atoms with Crippen LogP contribution in [0, 0.1) is 0 Å². The Morgan fingerprint density at radius 2 is 1.84 bits per heavy atom. The van der Waals surface area contributed by atoms with Crippen molar-refractivity contribution in [2.75, 3.05) is 0 Å². The monoisotopic (exact) mass is 252 g/mol. The molecule has 0 bridgehead atoms. The van der Waals surface area contributed by atoms with Crippen LogP contribution < -0.4 is 0 Å². The van der Waals surface area contributed by atoms with Gasteiger partial charge in [-0.25, -0.2) is 4.79 Å². The summed E-state index contributed by atoms with van der Waals surface area (Å²) < 4.78 is 5.23. The van der Waals surface area contributed by atoms with Gasteiger partial charge in [0.2, 0.25) is 0 Å². The molecule has 2 aromatic carbocycles. The number of aromatic carboxylic acids is 1. The standard InChI is InChI=1S/C16H12O3/c17-16(18)14-10-19-15-7-6-12(9-13(14)15)8-11-4-2-1-3-5-11/h1-7,9-10H,8H2,(H,17,18). The van der Waals surface area contributed by atoms with Gasteiger partial charge in [-0.3, -0.25) is 0 Å². The van der Waals surface area contributed by atoms with Gasteiger partial charge in [0.1, 0.15) is 17.4 Å². The quantitative estimate of drug-likeness (QED) is 0.772. The van der Waals surface area contributed by atoms with E-state index in [4.69, 9.17) is 9.52 Å². The molecule has 19 heavy (non-hydrogen) atoms. The van der Waals surface area contributed by atoms with Gasteiger partial charge in [-0.05, 0) is 29.7 Å². The maximum absolute atomic E-state index is 11.1. The highest BCUT2D eigenvalue weighted by atomic mass is 16.4. The Hall–Kier alpha value is -2.55. The average molecular weight is 252 g/mol. The van der Waals surface area contributed by atoms with Gasteiger partial charge in [-0.2, -0.15) is 0 Å². The van der Waals surface area contributed by atoms with Gasteiger partial charge in [0.05, 0.1) is 0 Å². The van der Waals surface area contributed by atoms with Gasteiger partial charge in [-0.15, -0.1) is 0 Å². The molecular weight excluding hydrogens is 240 g/mol. The molecule has 0 aliphatic rings. The van der Waals surface area contributed by atoms with Crippen LogP contribution in [0.4, 0.5) is 0 Å². The van der Waals surface area contributed by atoms with Gasteiger partial charge in [0.15, 0.2) is 0 Å². The van der Waals surface area contributed by atoms with Gasteiger partial charge in [0, 0.05) is 5.39 Å². The molecule has 0 fully saturated rings. The van der Waals surface area contributed by atoms with Crippen LogP contribution in [0.25, 0.3) is 11.0 Å². The Bertz CT molecular complexity index is 726. The molecule has 0 unspecified atom stereocenters. The van der Waals surface area contributed by atoms with E-state index in [-0.39, 0.29) is 5.56 Å². The van der Waals surface area contributed by atoms with Crippen LogP contribution in [-0.4, -0.2) is 11.1 Å². The van der Waals surface area contributed by atoms with E-state index in [9.17, 15) is 4.79 Å². The van der Waals surface area contributed by atoms with E-state index in [1.54, 1.807) is 0 Å². The zero-order valence-electron chi connectivity index (χ0n) is 10.2. The zero-order valence-corrected chi connectivity index (χ0v) is 10.2. The molecule has 0 aliphatic heterocycles. The van der Waals surface area contributed by atoms with Gasteiger partial charge < -0.3 is 9.52 Å². The first-order chi connectivity index (χ1) is 9.24. The smallest absolute Gasteiger partial charge is 0.339 e. The molecule has 0 amide bonds. The van der Waals surface area contributed by atoms with Crippen molar-refractivity contribution >= 4 is 16.9 Å². The van der Waals surface area contributed by atoms with Gasteiger partial charge >= 0.3 is 5.97 Å². The largest absolute Gasteiger partial charge is 0.478 e. The Morgan fingerprint density at radius 3 is 2.58 bits per heavy atom. The van der Waals surface area contributed by atoms with E-state index >= 15 is 0 Å². The van der Waals surface area contributed by atoms with Crippen LogP contribution in [0.2, 0.25) is 0 Å². The number of carboxylic acids is 1. The van der Waals surface area contributed by atoms with Crippen LogP contribution in [0.1, 0.15) is 21.5 Å². The zero-order chi connectivity index (χ0) is 13.2. The van der Waals surface area contributed by atoms with Gasteiger partial charge in [0.25, 0.3) is 0 Å². The maximum Gasteiger partial charge on any atom is 0.339 e. The fraction of sp³-hybridized carbons (Fsp3) is 0.0625. The van der Waals surface area contributed by atoms with Crippen molar-refractivity contribution in [3.05, 3.63) is 71.5 Å². The number of fused-ring (bicyclic) bond motifs is 1. The van der Waals surface area contributed by atoms with Crippen LogP contribution in [-0.2, 0) is 6.42 Å². The van der Waals surface area contributed by atoms with Crippen LogP contribution in [0.15, 0.2) is 59.2 Å². The molecular formula is C16H12O3. The summed E-state index contributed by atoms with van der Waals surface area (Å²) in [6, 6.07) is 15.7. The highest BCUT2D eigenvalue weighted by Gasteiger charge is 2.12. The number of carbonyl (C=O) groups is 1. The molecule has 94 valence electrons. The first-order valence-corrected chi connectivity index (χ1v) is 6.01. The van der Waals surface area contributed by atoms with E-state index in [1.165, 1.54) is 11.8 Å². The minimum Gasteiger partial charge on any atom is -0.478 e. The molecule has 0 aliphatic carbocycles. The molecule has 3 nitrogen and oxygen atoms in total. The summed E-state index contributed by atoms with van der Waals surface area (Å²) in [5, 5.41) is 9.75. The highest BCUT2D eigenvalue weighted by molar-refractivity contribution is 6.02. The van der Waals surface area contributed by atoms with Crippen molar-refractivity contribution in [1.29, 1.82) is 0 Å². The van der Waals surface area contributed by atoms with Crippen molar-refractivity contribution in [3.8, 4) is 0 Å². The maximum atomic E-state index is 11.1. The second-order valence-corrected chi connectivity index (χ2v) is 4.45. The summed E-state index contributed by atoms with van der Waals surface area (Å²) in [6.07, 6.45) is 2.07. The van der Waals surface area contributed by atoms with Crippen molar-refractivity contribution in [2.45, 2.75) is 6.42 Å². The topological polar surface area (TPSA) is 50.4 Å². The molecule has 0 spiro atoms. The Labute approximate surface area is 110 Å². The van der Waals surface area contributed by atoms with Crippen molar-refractivity contribution in [2.24, 2.45) is 0 Å². The molecule has 0 saturated carbocycles. The van der Waals surface area contributed by atoms with E-state index in [2.05, 4.69) is 12.1 Å². The average Bonchev–Trinajstić information content (AvgIpc) is 2.83. The van der Waals surface area contributed by atoms with E-state index in [1.807, 2.05) is 36.4 Å².